The fraction of sp³-hybridized carbons (Fsp3) is 0.364. The zero-order valence-corrected chi connectivity index (χ0v) is 11.2. The Morgan fingerprint density at radius 1 is 1.31 bits per heavy atom. The van der Waals surface area contributed by atoms with Crippen LogP contribution in [0.25, 0.3) is 0 Å². The smallest absolute Gasteiger partial charge is 0.238 e. The van der Waals surface area contributed by atoms with Gasteiger partial charge in [-0.2, -0.15) is 0 Å². The van der Waals surface area contributed by atoms with Gasteiger partial charge in [-0.3, -0.25) is 4.79 Å². The van der Waals surface area contributed by atoms with E-state index in [1.807, 2.05) is 6.92 Å². The Morgan fingerprint density at radius 2 is 1.94 bits per heavy atom. The van der Waals surface area contributed by atoms with Gasteiger partial charge in [0.2, 0.25) is 5.91 Å². The predicted octanol–water partition coefficient (Wildman–Crippen LogP) is 3.80. The van der Waals surface area contributed by atoms with Gasteiger partial charge in [-0.25, -0.2) is 0 Å². The fourth-order valence-corrected chi connectivity index (χ4v) is 1.89. The van der Waals surface area contributed by atoms with Gasteiger partial charge in [0.25, 0.3) is 0 Å². The maximum Gasteiger partial charge on any atom is 0.238 e. The number of nitrogens with one attached hydrogen (secondary N) is 1. The highest BCUT2D eigenvalue weighted by atomic mass is 35.5. The molecule has 1 rings (SSSR count). The first kappa shape index (κ1) is 13.6. The standard InChI is InChI=1S/C11H12Cl3NO/c1-6(12)11(16)15-7(2)9-4-3-8(13)5-10(9)14/h3-7H,1-2H3,(H,15,16)/t6-,7+/m0/s1. The number of amides is 1. The van der Waals surface area contributed by atoms with Crippen LogP contribution in [0.1, 0.15) is 25.5 Å². The van der Waals surface area contributed by atoms with E-state index >= 15 is 0 Å². The third-order valence-electron chi connectivity index (χ3n) is 2.15. The second kappa shape index (κ2) is 5.76. The Labute approximate surface area is 110 Å². The number of carbonyl (C=O) groups excluding carboxylic acids is 1. The van der Waals surface area contributed by atoms with Crippen molar-refractivity contribution in [1.29, 1.82) is 0 Å². The van der Waals surface area contributed by atoms with Crippen LogP contribution in [0.15, 0.2) is 18.2 Å². The summed E-state index contributed by atoms with van der Waals surface area (Å²) in [5, 5.41) is 3.29. The molecule has 88 valence electrons. The lowest BCUT2D eigenvalue weighted by atomic mass is 10.1. The summed E-state index contributed by atoms with van der Waals surface area (Å²) in [6.07, 6.45) is 0. The molecule has 0 aromatic heterocycles. The van der Waals surface area contributed by atoms with E-state index < -0.39 is 5.38 Å². The number of rotatable bonds is 3. The third kappa shape index (κ3) is 3.55. The van der Waals surface area contributed by atoms with Gasteiger partial charge in [-0.15, -0.1) is 11.6 Å². The Balaban J connectivity index is 2.80. The van der Waals surface area contributed by atoms with Crippen molar-refractivity contribution in [2.75, 3.05) is 0 Å². The molecule has 0 radical (unpaired) electrons. The highest BCUT2D eigenvalue weighted by Crippen LogP contribution is 2.26. The second-order valence-corrected chi connectivity index (χ2v) is 5.01. The van der Waals surface area contributed by atoms with E-state index in [1.54, 1.807) is 25.1 Å². The number of benzene rings is 1. The maximum atomic E-state index is 11.4. The van der Waals surface area contributed by atoms with Crippen LogP contribution in [0.2, 0.25) is 10.0 Å². The van der Waals surface area contributed by atoms with Crippen molar-refractivity contribution in [1.82, 2.24) is 5.32 Å². The highest BCUT2D eigenvalue weighted by molar-refractivity contribution is 6.35. The van der Waals surface area contributed by atoms with Crippen molar-refractivity contribution in [2.45, 2.75) is 25.3 Å². The van der Waals surface area contributed by atoms with E-state index in [9.17, 15) is 4.79 Å². The summed E-state index contributed by atoms with van der Waals surface area (Å²) in [5.41, 5.74) is 0.816. The number of hydrogen-bond donors (Lipinski definition) is 1. The van der Waals surface area contributed by atoms with Gasteiger partial charge in [-0.1, -0.05) is 29.3 Å². The molecule has 2 atom stereocenters. The first-order valence-electron chi connectivity index (χ1n) is 4.81. The van der Waals surface area contributed by atoms with Gasteiger partial charge in [0.15, 0.2) is 0 Å². The quantitative estimate of drug-likeness (QED) is 0.838. The van der Waals surface area contributed by atoms with Crippen LogP contribution in [0, 0.1) is 0 Å². The second-order valence-electron chi connectivity index (χ2n) is 3.51. The predicted molar refractivity (Wildman–Crippen MR) is 68.3 cm³/mol. The molecule has 0 heterocycles. The van der Waals surface area contributed by atoms with E-state index in [-0.39, 0.29) is 11.9 Å². The normalized spacial score (nSPS) is 14.3. The first-order valence-corrected chi connectivity index (χ1v) is 6.00. The molecule has 5 heteroatoms. The molecule has 0 saturated carbocycles. The van der Waals surface area contributed by atoms with Crippen LogP contribution in [-0.2, 0) is 4.79 Å². The number of carbonyl (C=O) groups is 1. The molecule has 0 spiro atoms. The lowest BCUT2D eigenvalue weighted by molar-refractivity contribution is -0.121. The molecule has 16 heavy (non-hydrogen) atoms. The summed E-state index contributed by atoms with van der Waals surface area (Å²) in [6.45, 7) is 3.46. The Morgan fingerprint density at radius 3 is 2.44 bits per heavy atom. The third-order valence-corrected chi connectivity index (χ3v) is 2.91. The molecular formula is C11H12Cl3NO. The van der Waals surface area contributed by atoms with E-state index in [2.05, 4.69) is 5.32 Å². The molecular weight excluding hydrogens is 268 g/mol. The van der Waals surface area contributed by atoms with Crippen LogP contribution in [-0.4, -0.2) is 11.3 Å². The molecule has 1 amide bonds. The molecule has 2 nitrogen and oxygen atoms in total. The molecule has 0 aliphatic heterocycles. The van der Waals surface area contributed by atoms with Gasteiger partial charge in [0.05, 0.1) is 6.04 Å². The lowest BCUT2D eigenvalue weighted by Gasteiger charge is -2.16. The van der Waals surface area contributed by atoms with E-state index in [0.29, 0.717) is 10.0 Å². The molecule has 0 fully saturated rings. The van der Waals surface area contributed by atoms with Crippen molar-refractivity contribution >= 4 is 40.7 Å². The minimum atomic E-state index is -0.562. The number of alkyl halides is 1. The summed E-state index contributed by atoms with van der Waals surface area (Å²) in [6, 6.07) is 4.97. The number of hydrogen-bond acceptors (Lipinski definition) is 1. The highest BCUT2D eigenvalue weighted by Gasteiger charge is 2.15. The minimum absolute atomic E-state index is 0.196. The summed E-state index contributed by atoms with van der Waals surface area (Å²) in [5.74, 6) is -0.222. The molecule has 0 bridgehead atoms. The summed E-state index contributed by atoms with van der Waals surface area (Å²) in [4.78, 5) is 11.4. The van der Waals surface area contributed by atoms with Crippen molar-refractivity contribution in [2.24, 2.45) is 0 Å². The molecule has 0 aliphatic carbocycles. The summed E-state index contributed by atoms with van der Waals surface area (Å²) in [7, 11) is 0. The van der Waals surface area contributed by atoms with Crippen LogP contribution >= 0.6 is 34.8 Å². The van der Waals surface area contributed by atoms with Gasteiger partial charge < -0.3 is 5.32 Å². The van der Waals surface area contributed by atoms with Gasteiger partial charge >= 0.3 is 0 Å². The monoisotopic (exact) mass is 279 g/mol. The fourth-order valence-electron chi connectivity index (χ4n) is 1.26. The maximum absolute atomic E-state index is 11.4. The molecule has 1 aromatic rings. The van der Waals surface area contributed by atoms with E-state index in [0.717, 1.165) is 5.56 Å². The van der Waals surface area contributed by atoms with E-state index in [4.69, 9.17) is 34.8 Å². The van der Waals surface area contributed by atoms with Crippen molar-refractivity contribution in [3.63, 3.8) is 0 Å². The van der Waals surface area contributed by atoms with Gasteiger partial charge in [0.1, 0.15) is 5.38 Å². The Bertz CT molecular complexity index is 393. The topological polar surface area (TPSA) is 29.1 Å². The average molecular weight is 281 g/mol. The average Bonchev–Trinajstić information content (AvgIpc) is 2.16. The zero-order chi connectivity index (χ0) is 12.3. The van der Waals surface area contributed by atoms with Crippen LogP contribution < -0.4 is 5.32 Å². The van der Waals surface area contributed by atoms with Gasteiger partial charge in [0, 0.05) is 10.0 Å². The lowest BCUT2D eigenvalue weighted by Crippen LogP contribution is -2.32. The van der Waals surface area contributed by atoms with Crippen molar-refractivity contribution < 1.29 is 4.79 Å². The summed E-state index contributed by atoms with van der Waals surface area (Å²) < 4.78 is 0. The molecule has 1 aromatic carbocycles. The minimum Gasteiger partial charge on any atom is -0.348 e. The zero-order valence-electron chi connectivity index (χ0n) is 8.93. The molecule has 0 saturated heterocycles. The SMILES string of the molecule is C[C@H](Cl)C(=O)N[C@H](C)c1ccc(Cl)cc1Cl. The van der Waals surface area contributed by atoms with Crippen LogP contribution in [0.5, 0.6) is 0 Å². The Hall–Kier alpha value is -0.440. The first-order chi connectivity index (χ1) is 7.41. The van der Waals surface area contributed by atoms with E-state index in [1.165, 1.54) is 0 Å². The van der Waals surface area contributed by atoms with Crippen molar-refractivity contribution in [3.8, 4) is 0 Å². The van der Waals surface area contributed by atoms with Gasteiger partial charge in [-0.05, 0) is 31.5 Å². The van der Waals surface area contributed by atoms with Crippen LogP contribution in [0.4, 0.5) is 0 Å². The largest absolute Gasteiger partial charge is 0.348 e. The summed E-state index contributed by atoms with van der Waals surface area (Å²) >= 11 is 17.5. The number of halogens is 3. The van der Waals surface area contributed by atoms with Crippen LogP contribution in [0.3, 0.4) is 0 Å². The Kier molecular flexibility index (Phi) is 4.90. The molecule has 0 aliphatic rings. The molecule has 1 N–H and O–H groups in total. The van der Waals surface area contributed by atoms with Crippen molar-refractivity contribution in [3.05, 3.63) is 33.8 Å². The molecule has 0 unspecified atom stereocenters.